The average molecular weight is 194 g/mol. The molecule has 1 aliphatic carbocycles. The quantitative estimate of drug-likeness (QED) is 0.363. The minimum atomic E-state index is -0.491. The van der Waals surface area contributed by atoms with Crippen molar-refractivity contribution in [3.63, 3.8) is 0 Å². The number of alkyl halides is 2. The number of rotatable bonds is 1. The number of hydrogen-bond donors (Lipinski definition) is 0. The predicted octanol–water partition coefficient (Wildman–Crippen LogP) is 1.93. The summed E-state index contributed by atoms with van der Waals surface area (Å²) < 4.78 is 0. The van der Waals surface area contributed by atoms with Gasteiger partial charge in [0.1, 0.15) is 0 Å². The van der Waals surface area contributed by atoms with Crippen LogP contribution >= 0.6 is 23.2 Å². The van der Waals surface area contributed by atoms with Gasteiger partial charge in [-0.2, -0.15) is 0 Å². The van der Waals surface area contributed by atoms with Gasteiger partial charge in [0.15, 0.2) is 0 Å². The molecule has 0 saturated heterocycles. The monoisotopic (exact) mass is 193 g/mol. The highest BCUT2D eigenvalue weighted by atomic mass is 35.5. The largest absolute Gasteiger partial charge is 0.266 e. The molecule has 2 unspecified atom stereocenters. The highest BCUT2D eigenvalue weighted by Gasteiger charge is 2.21. The second-order valence-electron chi connectivity index (χ2n) is 2.10. The van der Waals surface area contributed by atoms with Gasteiger partial charge in [-0.15, -0.1) is 23.2 Å². The van der Waals surface area contributed by atoms with Crippen molar-refractivity contribution in [2.75, 3.05) is 0 Å². The van der Waals surface area contributed by atoms with Crippen LogP contribution in [-0.4, -0.2) is 15.7 Å². The van der Waals surface area contributed by atoms with Crippen molar-refractivity contribution in [2.45, 2.75) is 10.8 Å². The Hall–Kier alpha value is -0.540. The number of halogens is 2. The van der Waals surface area contributed by atoms with E-state index in [1.54, 1.807) is 0 Å². The second-order valence-corrected chi connectivity index (χ2v) is 3.10. The fourth-order valence-corrected chi connectivity index (χ4v) is 1.09. The molecule has 11 heavy (non-hydrogen) atoms. The van der Waals surface area contributed by atoms with Crippen molar-refractivity contribution in [3.8, 4) is 0 Å². The smallest absolute Gasteiger partial charge is 0.258 e. The van der Waals surface area contributed by atoms with Crippen LogP contribution < -0.4 is 0 Å². The highest BCUT2D eigenvalue weighted by Crippen LogP contribution is 2.20. The topological polar surface area (TPSA) is 43.1 Å². The number of hydrogen-bond acceptors (Lipinski definition) is 2. The molecule has 0 N–H and O–H groups in total. The van der Waals surface area contributed by atoms with E-state index in [2.05, 4.69) is 0 Å². The lowest BCUT2D eigenvalue weighted by Crippen LogP contribution is -2.15. The number of allylic oxidation sites excluding steroid dienone is 3. The van der Waals surface area contributed by atoms with Crippen LogP contribution in [0.15, 0.2) is 23.9 Å². The summed E-state index contributed by atoms with van der Waals surface area (Å²) in [5, 5.41) is 9.36. The summed E-state index contributed by atoms with van der Waals surface area (Å²) in [6.45, 7) is 0. The van der Waals surface area contributed by atoms with Gasteiger partial charge in [0.2, 0.25) is 0 Å². The molecule has 0 heterocycles. The summed E-state index contributed by atoms with van der Waals surface area (Å²) in [4.78, 5) is 9.70. The molecule has 1 aliphatic rings. The molecular weight excluding hydrogens is 189 g/mol. The molecule has 1 rings (SSSR count). The van der Waals surface area contributed by atoms with E-state index in [1.165, 1.54) is 18.2 Å². The maximum Gasteiger partial charge on any atom is 0.266 e. The van der Waals surface area contributed by atoms with Crippen LogP contribution in [0.4, 0.5) is 0 Å². The lowest BCUT2D eigenvalue weighted by atomic mass is 10.1. The zero-order valence-corrected chi connectivity index (χ0v) is 6.92. The van der Waals surface area contributed by atoms with Crippen molar-refractivity contribution in [1.29, 1.82) is 0 Å². The first-order valence-corrected chi connectivity index (χ1v) is 3.81. The Balaban J connectivity index is 2.80. The first kappa shape index (κ1) is 8.56. The van der Waals surface area contributed by atoms with Crippen molar-refractivity contribution < 1.29 is 4.92 Å². The first-order valence-electron chi connectivity index (χ1n) is 2.94. The summed E-state index contributed by atoms with van der Waals surface area (Å²) >= 11 is 11.3. The minimum Gasteiger partial charge on any atom is -0.258 e. The van der Waals surface area contributed by atoms with Crippen LogP contribution in [0.2, 0.25) is 0 Å². The van der Waals surface area contributed by atoms with Gasteiger partial charge >= 0.3 is 0 Å². The first-order chi connectivity index (χ1) is 5.11. The Bertz CT molecular complexity index is 237. The standard InChI is InChI=1S/C6H5Cl2NO2/c7-5-2-1-4(9(10)11)3-6(5)8/h1-3,5-6H. The van der Waals surface area contributed by atoms with Crippen molar-refractivity contribution in [1.82, 2.24) is 0 Å². The third kappa shape index (κ3) is 1.94. The SMILES string of the molecule is O=[N+]([O-])C1=CC(Cl)C(Cl)C=C1. The zero-order valence-electron chi connectivity index (χ0n) is 5.41. The van der Waals surface area contributed by atoms with Gasteiger partial charge in [-0.1, -0.05) is 6.08 Å². The third-order valence-corrected chi connectivity index (χ3v) is 2.24. The zero-order chi connectivity index (χ0) is 8.43. The van der Waals surface area contributed by atoms with Crippen LogP contribution in [0.5, 0.6) is 0 Å². The van der Waals surface area contributed by atoms with Gasteiger partial charge in [-0.25, -0.2) is 0 Å². The molecule has 0 saturated carbocycles. The van der Waals surface area contributed by atoms with E-state index < -0.39 is 10.3 Å². The van der Waals surface area contributed by atoms with E-state index in [0.717, 1.165) is 0 Å². The Labute approximate surface area is 73.4 Å². The fraction of sp³-hybridized carbons (Fsp3) is 0.333. The normalized spacial score (nSPS) is 29.8. The Morgan fingerprint density at radius 3 is 2.55 bits per heavy atom. The van der Waals surface area contributed by atoms with Gasteiger partial charge in [-0.05, 0) is 0 Å². The Morgan fingerprint density at radius 2 is 2.09 bits per heavy atom. The van der Waals surface area contributed by atoms with Gasteiger partial charge in [0.25, 0.3) is 5.70 Å². The molecule has 0 spiro atoms. The van der Waals surface area contributed by atoms with Crippen LogP contribution in [0.3, 0.4) is 0 Å². The van der Waals surface area contributed by atoms with Crippen molar-refractivity contribution in [3.05, 3.63) is 34.0 Å². The van der Waals surface area contributed by atoms with Crippen molar-refractivity contribution in [2.24, 2.45) is 0 Å². The molecule has 60 valence electrons. The van der Waals surface area contributed by atoms with E-state index in [9.17, 15) is 10.1 Å². The second kappa shape index (κ2) is 3.24. The molecule has 0 bridgehead atoms. The Kier molecular flexibility index (Phi) is 2.52. The van der Waals surface area contributed by atoms with E-state index in [0.29, 0.717) is 0 Å². The molecule has 2 atom stereocenters. The fourth-order valence-electron chi connectivity index (χ4n) is 0.729. The molecule has 0 aromatic rings. The molecular formula is C6H5Cl2NO2. The lowest BCUT2D eigenvalue weighted by Gasteiger charge is -2.10. The maximum absolute atomic E-state index is 10.2. The van der Waals surface area contributed by atoms with Gasteiger partial charge in [0.05, 0.1) is 15.7 Å². The lowest BCUT2D eigenvalue weighted by molar-refractivity contribution is -0.419. The molecule has 0 aromatic carbocycles. The van der Waals surface area contributed by atoms with Crippen LogP contribution in [0.1, 0.15) is 0 Å². The van der Waals surface area contributed by atoms with Gasteiger partial charge in [-0.3, -0.25) is 10.1 Å². The molecule has 0 radical (unpaired) electrons. The van der Waals surface area contributed by atoms with E-state index >= 15 is 0 Å². The van der Waals surface area contributed by atoms with Crippen molar-refractivity contribution >= 4 is 23.2 Å². The number of nitro groups is 1. The molecule has 0 aliphatic heterocycles. The van der Waals surface area contributed by atoms with Crippen LogP contribution in [0, 0.1) is 10.1 Å². The summed E-state index contributed by atoms with van der Waals surface area (Å²) in [5.41, 5.74) is 0.00176. The Morgan fingerprint density at radius 1 is 1.45 bits per heavy atom. The molecule has 0 fully saturated rings. The summed E-state index contributed by atoms with van der Waals surface area (Å²) in [6.07, 6.45) is 4.20. The number of nitrogens with zero attached hydrogens (tertiary/aromatic N) is 1. The van der Waals surface area contributed by atoms with E-state index in [1.807, 2.05) is 0 Å². The van der Waals surface area contributed by atoms with E-state index in [-0.39, 0.29) is 11.1 Å². The third-order valence-electron chi connectivity index (χ3n) is 1.30. The predicted molar refractivity (Wildman–Crippen MR) is 43.5 cm³/mol. The van der Waals surface area contributed by atoms with Gasteiger partial charge in [0, 0.05) is 12.2 Å². The van der Waals surface area contributed by atoms with Crippen LogP contribution in [-0.2, 0) is 0 Å². The van der Waals surface area contributed by atoms with Gasteiger partial charge < -0.3 is 0 Å². The highest BCUT2D eigenvalue weighted by molar-refractivity contribution is 6.31. The van der Waals surface area contributed by atoms with E-state index in [4.69, 9.17) is 23.2 Å². The summed E-state index contributed by atoms with van der Waals surface area (Å²) in [7, 11) is 0. The summed E-state index contributed by atoms with van der Waals surface area (Å²) in [6, 6.07) is 0. The molecule has 5 heteroatoms. The molecule has 0 amide bonds. The molecule has 0 aromatic heterocycles. The maximum atomic E-state index is 10.2. The minimum absolute atomic E-state index is 0.00176. The average Bonchev–Trinajstić information content (AvgIpc) is 1.94. The summed E-state index contributed by atoms with van der Waals surface area (Å²) in [5.74, 6) is 0. The van der Waals surface area contributed by atoms with Crippen LogP contribution in [0.25, 0.3) is 0 Å². The molecule has 3 nitrogen and oxygen atoms in total.